The molecule has 0 bridgehead atoms. The monoisotopic (exact) mass is 317 g/mol. The molecular formula is C16H17F2N5. The Kier molecular flexibility index (Phi) is 4.18. The minimum atomic E-state index is -0.943. The maximum Gasteiger partial charge on any atom is 0.161 e. The van der Waals surface area contributed by atoms with E-state index in [0.717, 1.165) is 25.1 Å². The zero-order valence-electron chi connectivity index (χ0n) is 12.9. The Hall–Kier alpha value is -2.57. The molecule has 0 atom stereocenters. The van der Waals surface area contributed by atoms with Crippen molar-refractivity contribution in [3.05, 3.63) is 42.2 Å². The predicted molar refractivity (Wildman–Crippen MR) is 84.4 cm³/mol. The van der Waals surface area contributed by atoms with Crippen LogP contribution < -0.4 is 5.32 Å². The van der Waals surface area contributed by atoms with Gasteiger partial charge in [0.05, 0.1) is 17.2 Å². The van der Waals surface area contributed by atoms with E-state index < -0.39 is 11.6 Å². The van der Waals surface area contributed by atoms with Gasteiger partial charge in [0.25, 0.3) is 0 Å². The maximum absolute atomic E-state index is 13.3. The van der Waals surface area contributed by atoms with Gasteiger partial charge in [-0.15, -0.1) is 0 Å². The van der Waals surface area contributed by atoms with Crippen molar-refractivity contribution in [1.29, 1.82) is 0 Å². The molecule has 0 radical (unpaired) electrons. The van der Waals surface area contributed by atoms with Crippen LogP contribution in [-0.4, -0.2) is 19.7 Å². The highest BCUT2D eigenvalue weighted by molar-refractivity contribution is 5.76. The molecule has 3 rings (SSSR count). The molecule has 120 valence electrons. The first-order valence-electron chi connectivity index (χ1n) is 7.43. The molecule has 0 amide bonds. The molecule has 0 fully saturated rings. The Balaban J connectivity index is 1.77. The van der Waals surface area contributed by atoms with E-state index in [1.165, 1.54) is 6.20 Å². The zero-order valence-corrected chi connectivity index (χ0v) is 12.9. The van der Waals surface area contributed by atoms with E-state index in [1.54, 1.807) is 0 Å². The van der Waals surface area contributed by atoms with Gasteiger partial charge in [0.15, 0.2) is 23.3 Å². The Morgan fingerprint density at radius 1 is 1.13 bits per heavy atom. The van der Waals surface area contributed by atoms with Gasteiger partial charge in [-0.1, -0.05) is 13.8 Å². The van der Waals surface area contributed by atoms with Crippen molar-refractivity contribution in [1.82, 2.24) is 19.7 Å². The van der Waals surface area contributed by atoms with Gasteiger partial charge < -0.3 is 5.32 Å². The van der Waals surface area contributed by atoms with Crippen LogP contribution in [0.5, 0.6) is 0 Å². The average Bonchev–Trinajstić information content (AvgIpc) is 2.94. The number of fused-ring (bicyclic) bond motifs is 1. The van der Waals surface area contributed by atoms with Crippen molar-refractivity contribution in [3.63, 3.8) is 0 Å². The number of hydrogen-bond acceptors (Lipinski definition) is 4. The summed E-state index contributed by atoms with van der Waals surface area (Å²) in [6, 6.07) is 3.89. The second-order valence-corrected chi connectivity index (χ2v) is 5.78. The Morgan fingerprint density at radius 2 is 1.87 bits per heavy atom. The number of halogens is 2. The normalized spacial score (nSPS) is 11.3. The molecule has 3 aromatic rings. The van der Waals surface area contributed by atoms with E-state index in [-0.39, 0.29) is 5.52 Å². The van der Waals surface area contributed by atoms with Gasteiger partial charge in [0.1, 0.15) is 0 Å². The molecule has 0 aliphatic heterocycles. The van der Waals surface area contributed by atoms with Gasteiger partial charge in [-0.05, 0) is 12.3 Å². The smallest absolute Gasteiger partial charge is 0.161 e. The number of aryl methyl sites for hydroxylation is 1. The lowest BCUT2D eigenvalue weighted by atomic mass is 10.1. The second kappa shape index (κ2) is 6.28. The molecule has 7 heteroatoms. The summed E-state index contributed by atoms with van der Waals surface area (Å²) in [4.78, 5) is 8.31. The molecule has 0 aliphatic carbocycles. The van der Waals surface area contributed by atoms with Crippen molar-refractivity contribution in [3.8, 4) is 0 Å². The van der Waals surface area contributed by atoms with Crippen LogP contribution in [0.3, 0.4) is 0 Å². The molecule has 0 unspecified atom stereocenters. The van der Waals surface area contributed by atoms with Crippen LogP contribution in [0.25, 0.3) is 11.0 Å². The molecule has 0 saturated carbocycles. The molecule has 2 aromatic heterocycles. The van der Waals surface area contributed by atoms with Crippen LogP contribution in [-0.2, 0) is 6.54 Å². The molecule has 2 heterocycles. The highest BCUT2D eigenvalue weighted by Crippen LogP contribution is 2.18. The van der Waals surface area contributed by atoms with Crippen LogP contribution in [0, 0.1) is 17.6 Å². The molecule has 1 N–H and O–H groups in total. The first-order chi connectivity index (χ1) is 11.0. The number of rotatable bonds is 5. The lowest BCUT2D eigenvalue weighted by Gasteiger charge is -2.05. The summed E-state index contributed by atoms with van der Waals surface area (Å²) < 4.78 is 28.3. The Bertz CT molecular complexity index is 828. The zero-order chi connectivity index (χ0) is 16.4. The summed E-state index contributed by atoms with van der Waals surface area (Å²) in [5.74, 6) is -0.210. The van der Waals surface area contributed by atoms with Gasteiger partial charge in [-0.3, -0.25) is 9.67 Å². The lowest BCUT2D eigenvalue weighted by Crippen LogP contribution is -2.03. The number of benzene rings is 1. The van der Waals surface area contributed by atoms with Crippen molar-refractivity contribution in [2.24, 2.45) is 5.92 Å². The fourth-order valence-electron chi connectivity index (χ4n) is 2.14. The molecule has 0 spiro atoms. The predicted octanol–water partition coefficient (Wildman–Crippen LogP) is 3.89. The molecule has 0 saturated heterocycles. The van der Waals surface area contributed by atoms with Gasteiger partial charge in [-0.2, -0.15) is 5.10 Å². The fraction of sp³-hybridized carbons (Fsp3) is 0.312. The van der Waals surface area contributed by atoms with Gasteiger partial charge >= 0.3 is 0 Å². The van der Waals surface area contributed by atoms with Crippen LogP contribution >= 0.6 is 0 Å². The number of aromatic nitrogens is 4. The van der Waals surface area contributed by atoms with Gasteiger partial charge in [0, 0.05) is 30.9 Å². The summed E-state index contributed by atoms with van der Waals surface area (Å²) in [6.07, 6.45) is 4.39. The van der Waals surface area contributed by atoms with Gasteiger partial charge in [0.2, 0.25) is 0 Å². The van der Waals surface area contributed by atoms with Crippen LogP contribution in [0.1, 0.15) is 20.3 Å². The summed E-state index contributed by atoms with van der Waals surface area (Å²) >= 11 is 0. The van der Waals surface area contributed by atoms with Crippen molar-refractivity contribution < 1.29 is 8.78 Å². The quantitative estimate of drug-likeness (QED) is 0.775. The first kappa shape index (κ1) is 15.3. The molecular weight excluding hydrogens is 300 g/mol. The van der Waals surface area contributed by atoms with E-state index in [9.17, 15) is 8.78 Å². The number of nitrogens with one attached hydrogen (secondary N) is 1. The highest BCUT2D eigenvalue weighted by Gasteiger charge is 2.08. The topological polar surface area (TPSA) is 55.6 Å². The average molecular weight is 317 g/mol. The maximum atomic E-state index is 13.3. The third kappa shape index (κ3) is 3.61. The summed E-state index contributed by atoms with van der Waals surface area (Å²) in [7, 11) is 0. The van der Waals surface area contributed by atoms with Crippen LogP contribution in [0.2, 0.25) is 0 Å². The van der Waals surface area contributed by atoms with Crippen LogP contribution in [0.15, 0.2) is 30.6 Å². The number of nitrogens with zero attached hydrogens (tertiary/aromatic N) is 4. The summed E-state index contributed by atoms with van der Waals surface area (Å²) in [6.45, 7) is 5.16. The van der Waals surface area contributed by atoms with E-state index >= 15 is 0 Å². The van der Waals surface area contributed by atoms with Crippen LogP contribution in [0.4, 0.5) is 20.4 Å². The number of hydrogen-bond donors (Lipinski definition) is 1. The molecule has 1 aromatic carbocycles. The SMILES string of the molecule is CC(C)CCn1ccc(Nc2cnc3cc(F)c(F)cc3n2)n1. The van der Waals surface area contributed by atoms with Crippen molar-refractivity contribution in [2.45, 2.75) is 26.8 Å². The van der Waals surface area contributed by atoms with Crippen molar-refractivity contribution >= 4 is 22.7 Å². The second-order valence-electron chi connectivity index (χ2n) is 5.78. The first-order valence-corrected chi connectivity index (χ1v) is 7.43. The minimum absolute atomic E-state index is 0.285. The third-order valence-electron chi connectivity index (χ3n) is 3.42. The summed E-state index contributed by atoms with van der Waals surface area (Å²) in [5, 5.41) is 7.41. The van der Waals surface area contributed by atoms with E-state index in [0.29, 0.717) is 23.1 Å². The van der Waals surface area contributed by atoms with E-state index in [2.05, 4.69) is 34.2 Å². The van der Waals surface area contributed by atoms with Gasteiger partial charge in [-0.25, -0.2) is 13.8 Å². The Morgan fingerprint density at radius 3 is 2.61 bits per heavy atom. The molecule has 5 nitrogen and oxygen atoms in total. The van der Waals surface area contributed by atoms with Crippen molar-refractivity contribution in [2.75, 3.05) is 5.32 Å². The van der Waals surface area contributed by atoms with E-state index in [1.807, 2.05) is 16.9 Å². The lowest BCUT2D eigenvalue weighted by molar-refractivity contribution is 0.488. The molecule has 23 heavy (non-hydrogen) atoms. The van der Waals surface area contributed by atoms with E-state index in [4.69, 9.17) is 0 Å². The fourth-order valence-corrected chi connectivity index (χ4v) is 2.14. The minimum Gasteiger partial charge on any atom is -0.322 e. The molecule has 0 aliphatic rings. The Labute approximate surface area is 132 Å². The number of anilines is 2. The third-order valence-corrected chi connectivity index (χ3v) is 3.42. The largest absolute Gasteiger partial charge is 0.322 e. The standard InChI is InChI=1S/C16H17F2N5/c1-10(2)3-5-23-6-4-15(22-23)21-16-9-19-13-7-11(17)12(18)8-14(13)20-16/h4,6-10H,3,5H2,1-2H3,(H,20,21,22). The highest BCUT2D eigenvalue weighted by atomic mass is 19.2. The summed E-state index contributed by atoms with van der Waals surface area (Å²) in [5.41, 5.74) is 0.588.